The van der Waals surface area contributed by atoms with Crippen molar-refractivity contribution in [1.29, 1.82) is 0 Å². The average molecular weight is 224 g/mol. The van der Waals surface area contributed by atoms with Crippen LogP contribution in [0.25, 0.3) is 0 Å². The SMILES string of the molecule is C=C(CNCCC)Cn1cnc([N+](=O)[O-])c1. The van der Waals surface area contributed by atoms with Gasteiger partial charge in [-0.3, -0.25) is 0 Å². The Hall–Kier alpha value is -1.69. The lowest BCUT2D eigenvalue weighted by molar-refractivity contribution is -0.389. The van der Waals surface area contributed by atoms with E-state index in [4.69, 9.17) is 0 Å². The molecule has 0 saturated carbocycles. The second kappa shape index (κ2) is 6.02. The molecule has 0 saturated heterocycles. The second-order valence-electron chi connectivity index (χ2n) is 3.59. The van der Waals surface area contributed by atoms with Gasteiger partial charge in [-0.15, -0.1) is 0 Å². The normalized spacial score (nSPS) is 10.3. The van der Waals surface area contributed by atoms with Crippen molar-refractivity contribution in [2.45, 2.75) is 19.9 Å². The van der Waals surface area contributed by atoms with Gasteiger partial charge in [-0.05, 0) is 28.4 Å². The van der Waals surface area contributed by atoms with E-state index in [2.05, 4.69) is 23.8 Å². The van der Waals surface area contributed by atoms with Crippen molar-refractivity contribution in [3.05, 3.63) is 34.8 Å². The quantitative estimate of drug-likeness (QED) is 0.328. The first-order valence-corrected chi connectivity index (χ1v) is 5.17. The molecule has 0 aromatic carbocycles. The van der Waals surface area contributed by atoms with E-state index >= 15 is 0 Å². The molecule has 16 heavy (non-hydrogen) atoms. The highest BCUT2D eigenvalue weighted by Crippen LogP contribution is 2.07. The molecule has 6 heteroatoms. The van der Waals surface area contributed by atoms with E-state index in [0.29, 0.717) is 6.54 Å². The summed E-state index contributed by atoms with van der Waals surface area (Å²) in [6.07, 6.45) is 3.93. The molecule has 0 aliphatic heterocycles. The Morgan fingerprint density at radius 3 is 3.06 bits per heavy atom. The molecule has 0 unspecified atom stereocenters. The van der Waals surface area contributed by atoms with E-state index in [1.54, 1.807) is 4.57 Å². The Bertz CT molecular complexity index is 373. The first-order chi connectivity index (χ1) is 7.63. The average Bonchev–Trinajstić information content (AvgIpc) is 2.66. The van der Waals surface area contributed by atoms with Crippen molar-refractivity contribution < 1.29 is 4.92 Å². The van der Waals surface area contributed by atoms with Gasteiger partial charge in [0.1, 0.15) is 6.20 Å². The van der Waals surface area contributed by atoms with Crippen molar-refractivity contribution in [1.82, 2.24) is 14.9 Å². The molecule has 0 atom stereocenters. The van der Waals surface area contributed by atoms with E-state index in [1.807, 2.05) is 0 Å². The van der Waals surface area contributed by atoms with Crippen LogP contribution in [0.1, 0.15) is 13.3 Å². The molecular weight excluding hydrogens is 208 g/mol. The Kier molecular flexibility index (Phi) is 4.65. The van der Waals surface area contributed by atoms with Crippen LogP contribution in [0.15, 0.2) is 24.7 Å². The number of nitro groups is 1. The zero-order valence-corrected chi connectivity index (χ0v) is 9.35. The van der Waals surface area contributed by atoms with Gasteiger partial charge in [0.2, 0.25) is 6.33 Å². The van der Waals surface area contributed by atoms with Gasteiger partial charge < -0.3 is 20.0 Å². The fraction of sp³-hybridized carbons (Fsp3) is 0.500. The molecule has 0 bridgehead atoms. The van der Waals surface area contributed by atoms with Gasteiger partial charge in [0.25, 0.3) is 0 Å². The van der Waals surface area contributed by atoms with Gasteiger partial charge in [0, 0.05) is 13.1 Å². The van der Waals surface area contributed by atoms with Crippen LogP contribution >= 0.6 is 0 Å². The van der Waals surface area contributed by atoms with Gasteiger partial charge in [-0.25, -0.2) is 0 Å². The van der Waals surface area contributed by atoms with Crippen LogP contribution in [0, 0.1) is 10.1 Å². The summed E-state index contributed by atoms with van der Waals surface area (Å²) in [6, 6.07) is 0. The van der Waals surface area contributed by atoms with Crippen LogP contribution in [0.4, 0.5) is 5.82 Å². The van der Waals surface area contributed by atoms with Crippen LogP contribution in [-0.2, 0) is 6.54 Å². The molecule has 0 radical (unpaired) electrons. The van der Waals surface area contributed by atoms with Gasteiger partial charge in [-0.2, -0.15) is 0 Å². The maximum atomic E-state index is 10.4. The van der Waals surface area contributed by atoms with Crippen LogP contribution in [0.3, 0.4) is 0 Å². The third-order valence-electron chi connectivity index (χ3n) is 2.01. The largest absolute Gasteiger partial charge is 0.381 e. The Morgan fingerprint density at radius 2 is 2.50 bits per heavy atom. The van der Waals surface area contributed by atoms with Gasteiger partial charge >= 0.3 is 5.82 Å². The monoisotopic (exact) mass is 224 g/mol. The lowest BCUT2D eigenvalue weighted by Crippen LogP contribution is -2.19. The minimum Gasteiger partial charge on any atom is -0.358 e. The Morgan fingerprint density at radius 1 is 1.75 bits per heavy atom. The molecule has 0 spiro atoms. The molecule has 0 aliphatic rings. The van der Waals surface area contributed by atoms with E-state index in [0.717, 1.165) is 25.1 Å². The number of nitrogens with zero attached hydrogens (tertiary/aromatic N) is 3. The molecule has 1 N–H and O–H groups in total. The molecule has 0 aliphatic carbocycles. The first kappa shape index (κ1) is 12.4. The fourth-order valence-corrected chi connectivity index (χ4v) is 1.29. The minimum absolute atomic E-state index is 0.130. The molecule has 6 nitrogen and oxygen atoms in total. The lowest BCUT2D eigenvalue weighted by atomic mass is 10.3. The highest BCUT2D eigenvalue weighted by molar-refractivity contribution is 5.13. The summed E-state index contributed by atoms with van der Waals surface area (Å²) >= 11 is 0. The molecule has 88 valence electrons. The summed E-state index contributed by atoms with van der Waals surface area (Å²) in [6.45, 7) is 8.21. The Balaban J connectivity index is 2.40. The summed E-state index contributed by atoms with van der Waals surface area (Å²) < 4.78 is 1.66. The molecule has 1 aromatic rings. The van der Waals surface area contributed by atoms with E-state index in [9.17, 15) is 10.1 Å². The second-order valence-corrected chi connectivity index (χ2v) is 3.59. The summed E-state index contributed by atoms with van der Waals surface area (Å²) in [5, 5.41) is 13.6. The van der Waals surface area contributed by atoms with Crippen molar-refractivity contribution in [3.63, 3.8) is 0 Å². The van der Waals surface area contributed by atoms with Gasteiger partial charge in [0.15, 0.2) is 0 Å². The minimum atomic E-state index is -0.505. The first-order valence-electron chi connectivity index (χ1n) is 5.17. The van der Waals surface area contributed by atoms with Crippen LogP contribution in [0.2, 0.25) is 0 Å². The molecule has 1 heterocycles. The predicted molar refractivity (Wildman–Crippen MR) is 61.2 cm³/mol. The predicted octanol–water partition coefficient (Wildman–Crippen LogP) is 1.35. The zero-order valence-electron chi connectivity index (χ0n) is 9.35. The number of nitrogens with one attached hydrogen (secondary N) is 1. The van der Waals surface area contributed by atoms with E-state index in [1.165, 1.54) is 12.5 Å². The summed E-state index contributed by atoms with van der Waals surface area (Å²) in [5.74, 6) is -0.130. The summed E-state index contributed by atoms with van der Waals surface area (Å²) in [4.78, 5) is 13.6. The highest BCUT2D eigenvalue weighted by atomic mass is 16.6. The maximum Gasteiger partial charge on any atom is 0.381 e. The third kappa shape index (κ3) is 3.82. The molecule has 0 fully saturated rings. The zero-order chi connectivity index (χ0) is 12.0. The standard InChI is InChI=1S/C10H16N4O2/c1-3-4-11-5-9(2)6-13-7-10(12-8-13)14(15)16/h7-8,11H,2-6H2,1H3. The summed E-state index contributed by atoms with van der Waals surface area (Å²) in [7, 11) is 0. The topological polar surface area (TPSA) is 73.0 Å². The third-order valence-corrected chi connectivity index (χ3v) is 2.01. The van der Waals surface area contributed by atoms with Crippen LogP contribution in [-0.4, -0.2) is 27.6 Å². The number of rotatable bonds is 7. The summed E-state index contributed by atoms with van der Waals surface area (Å²) in [5.41, 5.74) is 0.973. The molecule has 0 amide bonds. The number of imidazole rings is 1. The Labute approximate surface area is 94.1 Å². The van der Waals surface area contributed by atoms with E-state index in [-0.39, 0.29) is 5.82 Å². The number of aromatic nitrogens is 2. The number of hydrogen-bond acceptors (Lipinski definition) is 4. The van der Waals surface area contributed by atoms with Crippen molar-refractivity contribution in [2.24, 2.45) is 0 Å². The molecule has 1 aromatic heterocycles. The molecular formula is C10H16N4O2. The fourth-order valence-electron chi connectivity index (χ4n) is 1.29. The van der Waals surface area contributed by atoms with Crippen molar-refractivity contribution >= 4 is 5.82 Å². The van der Waals surface area contributed by atoms with Crippen molar-refractivity contribution in [3.8, 4) is 0 Å². The highest BCUT2D eigenvalue weighted by Gasteiger charge is 2.09. The van der Waals surface area contributed by atoms with Crippen molar-refractivity contribution in [2.75, 3.05) is 13.1 Å². The lowest BCUT2D eigenvalue weighted by Gasteiger charge is -2.06. The molecule has 1 rings (SSSR count). The van der Waals surface area contributed by atoms with Gasteiger partial charge in [0.05, 0.1) is 0 Å². The van der Waals surface area contributed by atoms with E-state index < -0.39 is 4.92 Å². The van der Waals surface area contributed by atoms with Crippen LogP contribution in [0.5, 0.6) is 0 Å². The number of hydrogen-bond donors (Lipinski definition) is 1. The van der Waals surface area contributed by atoms with Crippen LogP contribution < -0.4 is 5.32 Å². The van der Waals surface area contributed by atoms with Gasteiger partial charge in [-0.1, -0.05) is 13.5 Å². The maximum absolute atomic E-state index is 10.4. The smallest absolute Gasteiger partial charge is 0.358 e.